The molecule has 0 spiro atoms. The topological polar surface area (TPSA) is 67.4 Å². The van der Waals surface area contributed by atoms with E-state index in [1.165, 1.54) is 0 Å². The summed E-state index contributed by atoms with van der Waals surface area (Å²) in [5.74, 6) is 0.735. The maximum Gasteiger partial charge on any atom is 0.255 e. The molecule has 4 rings (SSSR count). The molecule has 1 fully saturated rings. The molecule has 1 N–H and O–H groups in total. The van der Waals surface area contributed by atoms with Crippen molar-refractivity contribution < 1.29 is 9.53 Å². The lowest BCUT2D eigenvalue weighted by Crippen LogP contribution is -2.45. The van der Waals surface area contributed by atoms with E-state index in [9.17, 15) is 4.79 Å². The van der Waals surface area contributed by atoms with Crippen molar-refractivity contribution in [1.82, 2.24) is 9.97 Å². The first-order valence-electron chi connectivity index (χ1n) is 9.93. The molecule has 2 aromatic heterocycles. The van der Waals surface area contributed by atoms with Crippen LogP contribution in [0.5, 0.6) is 0 Å². The third-order valence-corrected chi connectivity index (χ3v) is 5.68. The number of morpholine rings is 1. The number of carbonyl (C=O) groups excluding carboxylic acids is 1. The Kier molecular flexibility index (Phi) is 6.30. The molecule has 0 aliphatic carbocycles. The predicted molar refractivity (Wildman–Crippen MR) is 119 cm³/mol. The Labute approximate surface area is 180 Å². The van der Waals surface area contributed by atoms with Gasteiger partial charge in [-0.25, -0.2) is 9.97 Å². The molecule has 3 heterocycles. The van der Waals surface area contributed by atoms with Gasteiger partial charge in [-0.2, -0.15) is 0 Å². The molecule has 1 saturated heterocycles. The number of hydrogen-bond acceptors (Lipinski definition) is 6. The molecule has 0 unspecified atom stereocenters. The lowest BCUT2D eigenvalue weighted by Gasteiger charge is -2.36. The molecule has 1 amide bonds. The number of anilines is 2. The number of aromatic nitrogens is 2. The molecule has 30 heavy (non-hydrogen) atoms. The van der Waals surface area contributed by atoms with Crippen LogP contribution in [0, 0.1) is 0 Å². The van der Waals surface area contributed by atoms with Crippen LogP contribution in [0.2, 0.25) is 0 Å². The van der Waals surface area contributed by atoms with Crippen LogP contribution in [0.25, 0.3) is 0 Å². The molecule has 3 aromatic rings. The first-order valence-corrected chi connectivity index (χ1v) is 10.8. The average Bonchev–Trinajstić information content (AvgIpc) is 2.75. The third-order valence-electron chi connectivity index (χ3n) is 4.73. The number of hydrogen-bond donors (Lipinski definition) is 1. The minimum atomic E-state index is -0.160. The van der Waals surface area contributed by atoms with Crippen molar-refractivity contribution in [2.45, 2.75) is 36.0 Å². The Balaban J connectivity index is 1.36. The smallest absolute Gasteiger partial charge is 0.255 e. The molecule has 1 aliphatic rings. The van der Waals surface area contributed by atoms with E-state index < -0.39 is 0 Å². The summed E-state index contributed by atoms with van der Waals surface area (Å²) in [7, 11) is 0. The lowest BCUT2D eigenvalue weighted by atomic mass is 10.2. The Morgan fingerprint density at radius 3 is 2.43 bits per heavy atom. The zero-order valence-corrected chi connectivity index (χ0v) is 17.8. The molecular formula is C23H24N4O2S. The van der Waals surface area contributed by atoms with Gasteiger partial charge in [-0.05, 0) is 62.4 Å². The molecule has 7 heteroatoms. The second-order valence-electron chi connectivity index (χ2n) is 7.32. The Morgan fingerprint density at radius 1 is 1.03 bits per heavy atom. The number of nitrogens with one attached hydrogen (secondary N) is 1. The van der Waals surface area contributed by atoms with Crippen molar-refractivity contribution in [2.24, 2.45) is 0 Å². The predicted octanol–water partition coefficient (Wildman–Crippen LogP) is 4.49. The van der Waals surface area contributed by atoms with Crippen LogP contribution in [0.15, 0.2) is 76.9 Å². The summed E-state index contributed by atoms with van der Waals surface area (Å²) in [5.41, 5.74) is 1.27. The highest BCUT2D eigenvalue weighted by Crippen LogP contribution is 2.26. The number of ether oxygens (including phenoxy) is 1. The first-order chi connectivity index (χ1) is 14.6. The molecule has 0 saturated carbocycles. The molecule has 0 radical (unpaired) electrons. The van der Waals surface area contributed by atoms with Gasteiger partial charge in [0, 0.05) is 29.7 Å². The van der Waals surface area contributed by atoms with E-state index in [-0.39, 0.29) is 18.1 Å². The van der Waals surface area contributed by atoms with E-state index in [2.05, 4.69) is 34.0 Å². The quantitative estimate of drug-likeness (QED) is 0.656. The van der Waals surface area contributed by atoms with E-state index in [1.54, 1.807) is 24.2 Å². The molecule has 2 atom stereocenters. The van der Waals surface area contributed by atoms with Gasteiger partial charge >= 0.3 is 0 Å². The van der Waals surface area contributed by atoms with Crippen molar-refractivity contribution in [3.8, 4) is 0 Å². The van der Waals surface area contributed by atoms with E-state index in [1.807, 2.05) is 54.6 Å². The molecule has 6 nitrogen and oxygen atoms in total. The van der Waals surface area contributed by atoms with E-state index >= 15 is 0 Å². The first kappa shape index (κ1) is 20.4. The number of pyridine rings is 2. The van der Waals surface area contributed by atoms with Crippen LogP contribution in [0.4, 0.5) is 11.5 Å². The van der Waals surface area contributed by atoms with Gasteiger partial charge in [0.1, 0.15) is 10.8 Å². The Morgan fingerprint density at radius 2 is 1.80 bits per heavy atom. The number of amides is 1. The minimum absolute atomic E-state index is 0.160. The Bertz CT molecular complexity index is 970. The van der Waals surface area contributed by atoms with Crippen molar-refractivity contribution in [3.63, 3.8) is 0 Å². The molecule has 1 aromatic carbocycles. The Hall–Kier alpha value is -2.90. The van der Waals surface area contributed by atoms with Crippen molar-refractivity contribution in [3.05, 3.63) is 72.6 Å². The zero-order valence-electron chi connectivity index (χ0n) is 17.0. The summed E-state index contributed by atoms with van der Waals surface area (Å²) in [4.78, 5) is 24.6. The summed E-state index contributed by atoms with van der Waals surface area (Å²) >= 11 is 1.56. The van der Waals surface area contributed by atoms with Crippen molar-refractivity contribution in [2.75, 3.05) is 23.3 Å². The monoisotopic (exact) mass is 420 g/mol. The number of rotatable bonds is 5. The van der Waals surface area contributed by atoms with Gasteiger partial charge in [0.25, 0.3) is 5.91 Å². The van der Waals surface area contributed by atoms with Crippen LogP contribution < -0.4 is 10.2 Å². The number of carbonyl (C=O) groups is 1. The molecular weight excluding hydrogens is 396 g/mol. The fourth-order valence-electron chi connectivity index (χ4n) is 3.42. The lowest BCUT2D eigenvalue weighted by molar-refractivity contribution is -0.00545. The number of nitrogens with zero attached hydrogens (tertiary/aromatic N) is 3. The highest BCUT2D eigenvalue weighted by Gasteiger charge is 2.23. The van der Waals surface area contributed by atoms with Crippen molar-refractivity contribution >= 4 is 29.2 Å². The largest absolute Gasteiger partial charge is 0.372 e. The van der Waals surface area contributed by atoms with Crippen LogP contribution in [0.3, 0.4) is 0 Å². The second kappa shape index (κ2) is 9.28. The zero-order chi connectivity index (χ0) is 20.9. The number of benzene rings is 1. The maximum absolute atomic E-state index is 12.6. The molecule has 1 aliphatic heterocycles. The highest BCUT2D eigenvalue weighted by atomic mass is 32.2. The summed E-state index contributed by atoms with van der Waals surface area (Å²) in [6, 6.07) is 17.1. The summed E-state index contributed by atoms with van der Waals surface area (Å²) in [6.45, 7) is 5.76. The van der Waals surface area contributed by atoms with E-state index in [0.29, 0.717) is 11.3 Å². The van der Waals surface area contributed by atoms with Gasteiger partial charge in [0.2, 0.25) is 0 Å². The minimum Gasteiger partial charge on any atom is -0.372 e. The van der Waals surface area contributed by atoms with Gasteiger partial charge in [0.15, 0.2) is 0 Å². The van der Waals surface area contributed by atoms with Crippen molar-refractivity contribution in [1.29, 1.82) is 0 Å². The molecule has 154 valence electrons. The van der Waals surface area contributed by atoms with Crippen LogP contribution in [-0.2, 0) is 4.74 Å². The van der Waals surface area contributed by atoms with Gasteiger partial charge in [0.05, 0.1) is 24.1 Å². The standard InChI is InChI=1S/C23H24N4O2S/c1-16-14-27(15-17(2)29-16)21-11-8-19(13-25-21)26-23(28)18-6-9-20(10-7-18)30-22-5-3-4-12-24-22/h3-13,16-17H,14-15H2,1-2H3,(H,26,28)/t16-,17-/m1/s1. The fraction of sp³-hybridized carbons (Fsp3) is 0.261. The van der Waals surface area contributed by atoms with Gasteiger partial charge in [-0.1, -0.05) is 17.8 Å². The van der Waals surface area contributed by atoms with Crippen LogP contribution in [-0.4, -0.2) is 41.2 Å². The molecule has 0 bridgehead atoms. The van der Waals surface area contributed by atoms with Gasteiger partial charge in [-0.3, -0.25) is 4.79 Å². The van der Waals surface area contributed by atoms with Crippen LogP contribution in [0.1, 0.15) is 24.2 Å². The second-order valence-corrected chi connectivity index (χ2v) is 8.41. The SMILES string of the molecule is C[C@@H]1CN(c2ccc(NC(=O)c3ccc(Sc4ccccn4)cc3)cn2)C[C@@H](C)O1. The third kappa shape index (κ3) is 5.17. The van der Waals surface area contributed by atoms with Crippen LogP contribution >= 0.6 is 11.8 Å². The summed E-state index contributed by atoms with van der Waals surface area (Å²) in [6.07, 6.45) is 3.81. The van der Waals surface area contributed by atoms with Gasteiger partial charge < -0.3 is 15.0 Å². The maximum atomic E-state index is 12.6. The summed E-state index contributed by atoms with van der Waals surface area (Å²) < 4.78 is 5.77. The highest BCUT2D eigenvalue weighted by molar-refractivity contribution is 7.99. The normalized spacial score (nSPS) is 18.8. The fourth-order valence-corrected chi connectivity index (χ4v) is 4.19. The van der Waals surface area contributed by atoms with E-state index in [4.69, 9.17) is 4.74 Å². The average molecular weight is 421 g/mol. The van der Waals surface area contributed by atoms with E-state index in [0.717, 1.165) is 28.8 Å². The summed E-state index contributed by atoms with van der Waals surface area (Å²) in [5, 5.41) is 3.83. The van der Waals surface area contributed by atoms with Gasteiger partial charge in [-0.15, -0.1) is 0 Å².